The number of carbonyl (C=O) groups is 1. The summed E-state index contributed by atoms with van der Waals surface area (Å²) in [7, 11) is 0. The van der Waals surface area contributed by atoms with E-state index in [-0.39, 0.29) is 5.41 Å². The molecule has 0 aromatic heterocycles. The largest absolute Gasteiger partial charge is 0.392 e. The number of fused-ring (bicyclic) bond motifs is 5. The molecule has 0 spiro atoms. The Labute approximate surface area is 172 Å². The number of ketones is 1. The molecule has 0 radical (unpaired) electrons. The lowest BCUT2D eigenvalue weighted by atomic mass is 9.47. The lowest BCUT2D eigenvalue weighted by molar-refractivity contribution is -0.149. The zero-order valence-corrected chi connectivity index (χ0v) is 18.9. The van der Waals surface area contributed by atoms with Gasteiger partial charge in [0, 0.05) is 24.5 Å². The highest BCUT2D eigenvalue weighted by Crippen LogP contribution is 2.64. The van der Waals surface area contributed by atoms with E-state index in [0.717, 1.165) is 19.3 Å². The van der Waals surface area contributed by atoms with Crippen LogP contribution in [0.1, 0.15) is 86.5 Å². The standard InChI is InChI=1S/C25H41NO2/c1-15(2)26(16(3)4)18-11-12-24(5)17(13-18)7-8-19-20-9-10-22(27)25(20,6)23(28)14-21(19)24/h7,15-16,18-21,23,28H,8-14H2,1-6H3/t18-,19-,20-,21-,23+,24-,25-/m0/s1. The van der Waals surface area contributed by atoms with Gasteiger partial charge < -0.3 is 5.11 Å². The summed E-state index contributed by atoms with van der Waals surface area (Å²) in [6.07, 6.45) is 9.38. The Morgan fingerprint density at radius 1 is 1.11 bits per heavy atom. The topological polar surface area (TPSA) is 40.5 Å². The number of hydrogen-bond acceptors (Lipinski definition) is 3. The molecule has 0 amide bonds. The second-order valence-electron chi connectivity index (χ2n) is 11.3. The maximum absolute atomic E-state index is 12.6. The van der Waals surface area contributed by atoms with E-state index in [4.69, 9.17) is 0 Å². The van der Waals surface area contributed by atoms with Gasteiger partial charge in [0.25, 0.3) is 0 Å². The average Bonchev–Trinajstić information content (AvgIpc) is 2.92. The molecule has 0 saturated heterocycles. The number of rotatable bonds is 3. The van der Waals surface area contributed by atoms with Crippen LogP contribution < -0.4 is 0 Å². The fourth-order valence-corrected chi connectivity index (χ4v) is 8.08. The molecule has 4 aliphatic rings. The minimum Gasteiger partial charge on any atom is -0.392 e. The third-order valence-electron chi connectivity index (χ3n) is 9.51. The molecular formula is C25H41NO2. The Kier molecular flexibility index (Phi) is 5.11. The Hall–Kier alpha value is -0.670. The third-order valence-corrected chi connectivity index (χ3v) is 9.51. The Morgan fingerprint density at radius 2 is 1.79 bits per heavy atom. The minimum absolute atomic E-state index is 0.215. The predicted molar refractivity (Wildman–Crippen MR) is 114 cm³/mol. The highest BCUT2D eigenvalue weighted by molar-refractivity contribution is 5.87. The van der Waals surface area contributed by atoms with Gasteiger partial charge in [-0.1, -0.05) is 18.6 Å². The molecule has 0 unspecified atom stereocenters. The molecule has 3 nitrogen and oxygen atoms in total. The molecule has 28 heavy (non-hydrogen) atoms. The van der Waals surface area contributed by atoms with Crippen molar-refractivity contribution in [3.63, 3.8) is 0 Å². The van der Waals surface area contributed by atoms with Crippen molar-refractivity contribution < 1.29 is 9.90 Å². The quantitative estimate of drug-likeness (QED) is 0.695. The van der Waals surface area contributed by atoms with E-state index < -0.39 is 11.5 Å². The third kappa shape index (κ3) is 2.79. The van der Waals surface area contributed by atoms with E-state index >= 15 is 0 Å². The van der Waals surface area contributed by atoms with Crippen molar-refractivity contribution >= 4 is 5.78 Å². The van der Waals surface area contributed by atoms with Crippen molar-refractivity contribution in [2.75, 3.05) is 0 Å². The van der Waals surface area contributed by atoms with Gasteiger partial charge in [-0.3, -0.25) is 9.69 Å². The number of aliphatic hydroxyl groups excluding tert-OH is 1. The van der Waals surface area contributed by atoms with Gasteiger partial charge in [0.1, 0.15) is 5.78 Å². The number of aliphatic hydroxyl groups is 1. The molecule has 3 saturated carbocycles. The van der Waals surface area contributed by atoms with Crippen molar-refractivity contribution in [3.8, 4) is 0 Å². The summed E-state index contributed by atoms with van der Waals surface area (Å²) in [6.45, 7) is 13.9. The van der Waals surface area contributed by atoms with Gasteiger partial charge in [0.15, 0.2) is 0 Å². The Balaban J connectivity index is 1.62. The van der Waals surface area contributed by atoms with Gasteiger partial charge >= 0.3 is 0 Å². The first-order valence-corrected chi connectivity index (χ1v) is 11.8. The monoisotopic (exact) mass is 387 g/mol. The van der Waals surface area contributed by atoms with Crippen molar-refractivity contribution in [1.82, 2.24) is 4.90 Å². The zero-order valence-electron chi connectivity index (χ0n) is 18.9. The van der Waals surface area contributed by atoms with Crippen LogP contribution in [-0.2, 0) is 4.79 Å². The minimum atomic E-state index is -0.480. The van der Waals surface area contributed by atoms with E-state index in [2.05, 4.69) is 52.5 Å². The van der Waals surface area contributed by atoms with Crippen molar-refractivity contribution in [2.45, 2.75) is 111 Å². The van der Waals surface area contributed by atoms with Crippen LogP contribution in [0, 0.1) is 28.6 Å². The zero-order chi connectivity index (χ0) is 20.4. The summed E-state index contributed by atoms with van der Waals surface area (Å²) in [5.74, 6) is 1.82. The maximum Gasteiger partial charge on any atom is 0.141 e. The molecule has 4 aliphatic carbocycles. The smallest absolute Gasteiger partial charge is 0.141 e. The summed E-state index contributed by atoms with van der Waals surface area (Å²) in [5, 5.41) is 11.1. The van der Waals surface area contributed by atoms with E-state index in [1.165, 1.54) is 19.3 Å². The van der Waals surface area contributed by atoms with Crippen LogP contribution in [0.15, 0.2) is 11.6 Å². The molecule has 4 rings (SSSR count). The first kappa shape index (κ1) is 20.6. The summed E-state index contributed by atoms with van der Waals surface area (Å²) < 4.78 is 0. The van der Waals surface area contributed by atoms with Crippen LogP contribution in [0.5, 0.6) is 0 Å². The van der Waals surface area contributed by atoms with Crippen molar-refractivity contribution in [3.05, 3.63) is 11.6 Å². The molecule has 3 heteroatoms. The molecule has 0 aromatic rings. The summed E-state index contributed by atoms with van der Waals surface area (Å²) in [6, 6.07) is 1.80. The predicted octanol–water partition coefficient (Wildman–Crippen LogP) is 4.98. The molecule has 158 valence electrons. The number of allylic oxidation sites excluding steroid dienone is 1. The lowest BCUT2D eigenvalue weighted by Crippen LogP contribution is -2.57. The van der Waals surface area contributed by atoms with Crippen LogP contribution in [0.4, 0.5) is 0 Å². The van der Waals surface area contributed by atoms with Gasteiger partial charge in [0.05, 0.1) is 11.5 Å². The maximum atomic E-state index is 12.6. The highest BCUT2D eigenvalue weighted by Gasteiger charge is 2.62. The molecule has 0 heterocycles. The van der Waals surface area contributed by atoms with Crippen LogP contribution in [0.25, 0.3) is 0 Å². The highest BCUT2D eigenvalue weighted by atomic mass is 16.3. The van der Waals surface area contributed by atoms with Crippen LogP contribution in [0.3, 0.4) is 0 Å². The SMILES string of the molecule is CC(C)N(C(C)C)[C@H]1CC[C@@]2(C)C(=CC[C@H]3[C@@H]4CCC(=O)[C@@]4(C)[C@H](O)C[C@@H]32)C1. The normalized spacial score (nSPS) is 45.9. The van der Waals surface area contributed by atoms with Gasteiger partial charge in [-0.2, -0.15) is 0 Å². The average molecular weight is 388 g/mol. The van der Waals surface area contributed by atoms with Gasteiger partial charge in [-0.15, -0.1) is 0 Å². The first-order chi connectivity index (χ1) is 13.1. The molecule has 0 bridgehead atoms. The Morgan fingerprint density at radius 3 is 2.43 bits per heavy atom. The number of Topliss-reactive ketones (excluding diaryl/α,β-unsaturated/α-hetero) is 1. The van der Waals surface area contributed by atoms with E-state index in [1.54, 1.807) is 5.57 Å². The Bertz CT molecular complexity index is 659. The van der Waals surface area contributed by atoms with Crippen molar-refractivity contribution in [2.24, 2.45) is 28.6 Å². The fraction of sp³-hybridized carbons (Fsp3) is 0.880. The molecule has 1 N–H and O–H groups in total. The van der Waals surface area contributed by atoms with Crippen LogP contribution >= 0.6 is 0 Å². The lowest BCUT2D eigenvalue weighted by Gasteiger charge is -2.59. The molecular weight excluding hydrogens is 346 g/mol. The second-order valence-corrected chi connectivity index (χ2v) is 11.3. The second kappa shape index (κ2) is 6.94. The molecule has 0 aromatic carbocycles. The summed E-state index contributed by atoms with van der Waals surface area (Å²) in [4.78, 5) is 15.3. The summed E-state index contributed by atoms with van der Waals surface area (Å²) in [5.41, 5.74) is 1.38. The van der Waals surface area contributed by atoms with E-state index in [0.29, 0.717) is 48.1 Å². The van der Waals surface area contributed by atoms with Gasteiger partial charge in [-0.25, -0.2) is 0 Å². The van der Waals surface area contributed by atoms with Gasteiger partial charge in [-0.05, 0) is 96.3 Å². The van der Waals surface area contributed by atoms with E-state index in [1.807, 2.05) is 0 Å². The van der Waals surface area contributed by atoms with Gasteiger partial charge in [0.2, 0.25) is 0 Å². The molecule has 3 fully saturated rings. The summed E-state index contributed by atoms with van der Waals surface area (Å²) >= 11 is 0. The number of hydrogen-bond donors (Lipinski definition) is 1. The van der Waals surface area contributed by atoms with Crippen LogP contribution in [0.2, 0.25) is 0 Å². The first-order valence-electron chi connectivity index (χ1n) is 11.8. The fourth-order valence-electron chi connectivity index (χ4n) is 8.08. The van der Waals surface area contributed by atoms with Crippen molar-refractivity contribution in [1.29, 1.82) is 0 Å². The number of nitrogens with zero attached hydrogens (tertiary/aromatic N) is 1. The molecule has 7 atom stereocenters. The van der Waals surface area contributed by atoms with E-state index in [9.17, 15) is 9.90 Å². The molecule has 0 aliphatic heterocycles. The number of carbonyl (C=O) groups excluding carboxylic acids is 1. The van der Waals surface area contributed by atoms with Crippen LogP contribution in [-0.4, -0.2) is 40.0 Å².